The first-order chi connectivity index (χ1) is 8.88. The molecule has 3 N–H and O–H groups in total. The Morgan fingerprint density at radius 2 is 2.05 bits per heavy atom. The van der Waals surface area contributed by atoms with Crippen LogP contribution in [0.2, 0.25) is 0 Å². The van der Waals surface area contributed by atoms with Crippen LogP contribution in [0.4, 0.5) is 11.5 Å². The molecule has 0 atom stereocenters. The van der Waals surface area contributed by atoms with Gasteiger partial charge in [0, 0.05) is 7.05 Å². The van der Waals surface area contributed by atoms with Crippen molar-refractivity contribution in [3.63, 3.8) is 0 Å². The third kappa shape index (κ3) is 3.21. The summed E-state index contributed by atoms with van der Waals surface area (Å²) in [5, 5.41) is 36.6. The Morgan fingerprint density at radius 3 is 2.47 bits per heavy atom. The highest BCUT2D eigenvalue weighted by Crippen LogP contribution is 2.31. The van der Waals surface area contributed by atoms with Crippen LogP contribution in [0, 0.1) is 10.1 Å². The summed E-state index contributed by atoms with van der Waals surface area (Å²) in [4.78, 5) is 10.7. The minimum Gasteiger partial charge on any atom is -0.394 e. The molecule has 0 saturated carbocycles. The summed E-state index contributed by atoms with van der Waals surface area (Å²) >= 11 is 0. The molecule has 1 aromatic rings. The number of hydrogen-bond acceptors (Lipinski definition) is 6. The average Bonchev–Trinajstić information content (AvgIpc) is 2.66. The van der Waals surface area contributed by atoms with Gasteiger partial charge in [-0.1, -0.05) is 13.3 Å². The number of nitro groups is 1. The van der Waals surface area contributed by atoms with E-state index in [0.29, 0.717) is 12.1 Å². The van der Waals surface area contributed by atoms with Gasteiger partial charge in [-0.05, 0) is 13.3 Å². The molecule has 8 nitrogen and oxygen atoms in total. The van der Waals surface area contributed by atoms with Gasteiger partial charge in [0.15, 0.2) is 0 Å². The van der Waals surface area contributed by atoms with Gasteiger partial charge in [-0.25, -0.2) is 4.68 Å². The molecule has 0 amide bonds. The first-order valence-electron chi connectivity index (χ1n) is 6.08. The summed E-state index contributed by atoms with van der Waals surface area (Å²) in [5.41, 5.74) is -0.740. The van der Waals surface area contributed by atoms with Crippen LogP contribution in [0.1, 0.15) is 26.0 Å². The SMILES string of the molecule is CCCc1nn(C)c(NC(C)(CO)CO)c1[N+](=O)[O-]. The molecule has 0 aliphatic rings. The number of nitrogens with one attached hydrogen (secondary N) is 1. The van der Waals surface area contributed by atoms with E-state index in [1.807, 2.05) is 6.92 Å². The van der Waals surface area contributed by atoms with Gasteiger partial charge in [0.25, 0.3) is 0 Å². The molecule has 1 rings (SSSR count). The maximum Gasteiger partial charge on any atom is 0.334 e. The predicted molar refractivity (Wildman–Crippen MR) is 70.1 cm³/mol. The monoisotopic (exact) mass is 272 g/mol. The van der Waals surface area contributed by atoms with Gasteiger partial charge in [-0.3, -0.25) is 10.1 Å². The molecule has 1 aromatic heterocycles. The third-order valence-electron chi connectivity index (χ3n) is 2.88. The zero-order valence-electron chi connectivity index (χ0n) is 11.4. The molecule has 0 aliphatic heterocycles. The summed E-state index contributed by atoms with van der Waals surface area (Å²) in [6.45, 7) is 2.78. The fourth-order valence-corrected chi connectivity index (χ4v) is 1.72. The van der Waals surface area contributed by atoms with Crippen molar-refractivity contribution in [2.24, 2.45) is 7.05 Å². The number of aryl methyl sites for hydroxylation is 2. The molecule has 0 saturated heterocycles. The summed E-state index contributed by atoms with van der Waals surface area (Å²) in [6, 6.07) is 0. The first kappa shape index (κ1) is 15.4. The smallest absolute Gasteiger partial charge is 0.334 e. The Morgan fingerprint density at radius 1 is 1.47 bits per heavy atom. The summed E-state index contributed by atoms with van der Waals surface area (Å²) < 4.78 is 1.37. The highest BCUT2D eigenvalue weighted by atomic mass is 16.6. The van der Waals surface area contributed by atoms with Crippen molar-refractivity contribution < 1.29 is 15.1 Å². The Hall–Kier alpha value is -1.67. The normalized spacial score (nSPS) is 11.6. The van der Waals surface area contributed by atoms with Crippen molar-refractivity contribution in [3.05, 3.63) is 15.8 Å². The molecule has 108 valence electrons. The van der Waals surface area contributed by atoms with Crippen molar-refractivity contribution in [1.29, 1.82) is 0 Å². The fraction of sp³-hybridized carbons (Fsp3) is 0.727. The van der Waals surface area contributed by atoms with E-state index < -0.39 is 10.5 Å². The lowest BCUT2D eigenvalue weighted by Gasteiger charge is -2.26. The Labute approximate surface area is 111 Å². The number of aliphatic hydroxyl groups excluding tert-OH is 2. The lowest BCUT2D eigenvalue weighted by molar-refractivity contribution is -0.384. The first-order valence-corrected chi connectivity index (χ1v) is 6.08. The van der Waals surface area contributed by atoms with Crippen LogP contribution >= 0.6 is 0 Å². The van der Waals surface area contributed by atoms with Crippen molar-refractivity contribution in [2.75, 3.05) is 18.5 Å². The van der Waals surface area contributed by atoms with Crippen molar-refractivity contribution in [2.45, 2.75) is 32.2 Å². The van der Waals surface area contributed by atoms with E-state index in [2.05, 4.69) is 10.4 Å². The Balaban J connectivity index is 3.22. The van der Waals surface area contributed by atoms with Gasteiger partial charge in [0.2, 0.25) is 5.82 Å². The van der Waals surface area contributed by atoms with Crippen LogP contribution in [0.25, 0.3) is 0 Å². The lowest BCUT2D eigenvalue weighted by atomic mass is 10.1. The highest BCUT2D eigenvalue weighted by molar-refractivity contribution is 5.61. The Bertz CT molecular complexity index is 454. The molecule has 19 heavy (non-hydrogen) atoms. The van der Waals surface area contributed by atoms with E-state index in [4.69, 9.17) is 0 Å². The van der Waals surface area contributed by atoms with E-state index in [9.17, 15) is 20.3 Å². The fourth-order valence-electron chi connectivity index (χ4n) is 1.72. The van der Waals surface area contributed by atoms with Gasteiger partial charge in [-0.2, -0.15) is 5.10 Å². The van der Waals surface area contributed by atoms with E-state index in [1.54, 1.807) is 14.0 Å². The maximum atomic E-state index is 11.2. The molecular formula is C11H20N4O4. The molecule has 0 bridgehead atoms. The molecule has 0 fully saturated rings. The second-order valence-electron chi connectivity index (χ2n) is 4.78. The van der Waals surface area contributed by atoms with Gasteiger partial charge in [0.05, 0.1) is 23.7 Å². The van der Waals surface area contributed by atoms with Crippen LogP contribution in [-0.2, 0) is 13.5 Å². The standard InChI is InChI=1S/C11H20N4O4/c1-4-5-8-9(15(18)19)10(14(3)13-8)12-11(2,6-16)7-17/h12,16-17H,4-7H2,1-3H3. The number of rotatable bonds is 7. The van der Waals surface area contributed by atoms with E-state index in [0.717, 1.165) is 6.42 Å². The molecule has 0 aliphatic carbocycles. The quantitative estimate of drug-likeness (QED) is 0.490. The van der Waals surface area contributed by atoms with Gasteiger partial charge >= 0.3 is 5.69 Å². The van der Waals surface area contributed by atoms with Crippen LogP contribution in [0.5, 0.6) is 0 Å². The van der Waals surface area contributed by atoms with E-state index in [1.165, 1.54) is 4.68 Å². The summed E-state index contributed by atoms with van der Waals surface area (Å²) in [5.74, 6) is 0.194. The molecule has 1 heterocycles. The zero-order chi connectivity index (χ0) is 14.6. The van der Waals surface area contributed by atoms with Gasteiger partial charge in [-0.15, -0.1) is 0 Å². The van der Waals surface area contributed by atoms with E-state index in [-0.39, 0.29) is 24.7 Å². The van der Waals surface area contributed by atoms with Crippen LogP contribution < -0.4 is 5.32 Å². The molecule has 0 unspecified atom stereocenters. The van der Waals surface area contributed by atoms with Crippen LogP contribution in [-0.4, -0.2) is 43.7 Å². The van der Waals surface area contributed by atoms with Crippen LogP contribution in [0.15, 0.2) is 0 Å². The second-order valence-corrected chi connectivity index (χ2v) is 4.78. The number of hydrogen-bond donors (Lipinski definition) is 3. The largest absolute Gasteiger partial charge is 0.394 e. The summed E-state index contributed by atoms with van der Waals surface area (Å²) in [6.07, 6.45) is 1.25. The zero-order valence-corrected chi connectivity index (χ0v) is 11.4. The molecule has 0 radical (unpaired) electrons. The topological polar surface area (TPSA) is 113 Å². The number of aromatic nitrogens is 2. The molecule has 8 heteroatoms. The third-order valence-corrected chi connectivity index (χ3v) is 2.88. The molecule has 0 aromatic carbocycles. The predicted octanol–water partition coefficient (Wildman–Crippen LogP) is 0.436. The molecule has 0 spiro atoms. The van der Waals surface area contributed by atoms with Crippen molar-refractivity contribution in [3.8, 4) is 0 Å². The van der Waals surface area contributed by atoms with Gasteiger partial charge < -0.3 is 15.5 Å². The minimum absolute atomic E-state index is 0.0996. The highest BCUT2D eigenvalue weighted by Gasteiger charge is 2.31. The molecular weight excluding hydrogens is 252 g/mol. The number of nitrogens with zero attached hydrogens (tertiary/aromatic N) is 3. The average molecular weight is 272 g/mol. The van der Waals surface area contributed by atoms with E-state index >= 15 is 0 Å². The summed E-state index contributed by atoms with van der Waals surface area (Å²) in [7, 11) is 1.59. The lowest BCUT2D eigenvalue weighted by Crippen LogP contribution is -2.43. The van der Waals surface area contributed by atoms with Crippen molar-refractivity contribution >= 4 is 11.5 Å². The number of aliphatic hydroxyl groups is 2. The number of anilines is 1. The maximum absolute atomic E-state index is 11.2. The second kappa shape index (κ2) is 5.98. The van der Waals surface area contributed by atoms with Gasteiger partial charge in [0.1, 0.15) is 5.69 Å². The van der Waals surface area contributed by atoms with Crippen molar-refractivity contribution in [1.82, 2.24) is 9.78 Å². The van der Waals surface area contributed by atoms with Crippen LogP contribution in [0.3, 0.4) is 0 Å². The Kier molecular flexibility index (Phi) is 4.84. The minimum atomic E-state index is -1.04.